The quantitative estimate of drug-likeness (QED) is 0.314. The molecule has 0 amide bonds. The van der Waals surface area contributed by atoms with Crippen LogP contribution >= 0.6 is 35.7 Å². The maximum absolute atomic E-state index is 10.5. The van der Waals surface area contributed by atoms with Gasteiger partial charge in [-0.15, -0.1) is 24.0 Å². The number of thioether (sulfide) groups is 1. The Morgan fingerprint density at radius 2 is 2.11 bits per heavy atom. The first-order valence-corrected chi connectivity index (χ1v) is 10.6. The van der Waals surface area contributed by atoms with Crippen molar-refractivity contribution >= 4 is 41.7 Å². The maximum atomic E-state index is 10.5. The molecule has 0 spiro atoms. The van der Waals surface area contributed by atoms with Crippen molar-refractivity contribution in [1.29, 1.82) is 0 Å². The lowest BCUT2D eigenvalue weighted by Crippen LogP contribution is -2.47. The molecule has 1 unspecified atom stereocenters. The van der Waals surface area contributed by atoms with E-state index < -0.39 is 5.60 Å². The lowest BCUT2D eigenvalue weighted by atomic mass is 10.0. The summed E-state index contributed by atoms with van der Waals surface area (Å²) in [6.07, 6.45) is 0.824. The predicted molar refractivity (Wildman–Crippen MR) is 128 cm³/mol. The second-order valence-electron chi connectivity index (χ2n) is 7.04. The number of hydrogen-bond acceptors (Lipinski definition) is 4. The van der Waals surface area contributed by atoms with Crippen LogP contribution < -0.4 is 10.6 Å². The molecule has 154 valence electrons. The van der Waals surface area contributed by atoms with E-state index in [4.69, 9.17) is 4.99 Å². The smallest absolute Gasteiger partial charge is 0.191 e. The molecular weight excluding hydrogens is 485 g/mol. The second-order valence-corrected chi connectivity index (χ2v) is 8.15. The Morgan fingerprint density at radius 3 is 2.75 bits per heavy atom. The number of benzene rings is 1. The van der Waals surface area contributed by atoms with Gasteiger partial charge in [-0.25, -0.2) is 9.67 Å². The zero-order valence-corrected chi connectivity index (χ0v) is 19.9. The summed E-state index contributed by atoms with van der Waals surface area (Å²) in [6, 6.07) is 10.3. The standard InChI is InChI=1S/C20H29N5OS.HI/c1-4-21-19(23-13-20(26)9-10-27-14-20)22-12-17-7-5-6-8-18(17)25-16(3)11-15(2)24-25;/h5-8,11,26H,4,9-10,12-14H2,1-3H3,(H2,21,22,23);1H. The number of halogens is 1. The number of nitrogens with one attached hydrogen (secondary N) is 2. The van der Waals surface area contributed by atoms with Crippen molar-refractivity contribution in [3.63, 3.8) is 0 Å². The maximum Gasteiger partial charge on any atom is 0.191 e. The summed E-state index contributed by atoms with van der Waals surface area (Å²) in [5.74, 6) is 2.52. The zero-order chi connectivity index (χ0) is 19.3. The molecule has 1 fully saturated rings. The van der Waals surface area contributed by atoms with Gasteiger partial charge in [0.05, 0.1) is 23.5 Å². The number of aliphatic hydroxyl groups is 1. The Morgan fingerprint density at radius 1 is 1.32 bits per heavy atom. The molecular formula is C20H30IN5OS. The van der Waals surface area contributed by atoms with E-state index in [1.54, 1.807) is 11.8 Å². The number of guanidine groups is 1. The summed E-state index contributed by atoms with van der Waals surface area (Å²) in [5.41, 5.74) is 3.63. The highest BCUT2D eigenvalue weighted by Crippen LogP contribution is 2.27. The normalized spacial score (nSPS) is 19.4. The molecule has 1 aromatic carbocycles. The third-order valence-corrected chi connectivity index (χ3v) is 5.88. The summed E-state index contributed by atoms with van der Waals surface area (Å²) in [4.78, 5) is 4.73. The van der Waals surface area contributed by atoms with E-state index >= 15 is 0 Å². The van der Waals surface area contributed by atoms with Crippen LogP contribution in [0.25, 0.3) is 5.69 Å². The highest BCUT2D eigenvalue weighted by Gasteiger charge is 2.31. The molecule has 1 atom stereocenters. The van der Waals surface area contributed by atoms with Gasteiger partial charge in [-0.1, -0.05) is 18.2 Å². The summed E-state index contributed by atoms with van der Waals surface area (Å²) >= 11 is 1.80. The number of nitrogens with zero attached hydrogens (tertiary/aromatic N) is 3. The van der Waals surface area contributed by atoms with Gasteiger partial charge in [-0.05, 0) is 50.6 Å². The van der Waals surface area contributed by atoms with Crippen molar-refractivity contribution in [2.75, 3.05) is 24.6 Å². The molecule has 8 heteroatoms. The first-order chi connectivity index (χ1) is 13.0. The van der Waals surface area contributed by atoms with Crippen LogP contribution in [0.3, 0.4) is 0 Å². The number of aliphatic imine (C=N–C) groups is 1. The topological polar surface area (TPSA) is 74.5 Å². The van der Waals surface area contributed by atoms with Crippen LogP contribution in [0.2, 0.25) is 0 Å². The SMILES string of the molecule is CCNC(=NCc1ccccc1-n1nc(C)cc1C)NCC1(O)CCSC1.I. The molecule has 2 aromatic rings. The molecule has 0 radical (unpaired) electrons. The Kier molecular flexibility index (Phi) is 8.63. The lowest BCUT2D eigenvalue weighted by Gasteiger charge is -2.23. The molecule has 0 saturated carbocycles. The molecule has 0 aliphatic carbocycles. The first-order valence-electron chi connectivity index (χ1n) is 9.44. The number of para-hydroxylation sites is 1. The summed E-state index contributed by atoms with van der Waals surface area (Å²) in [6.45, 7) is 7.94. The van der Waals surface area contributed by atoms with Gasteiger partial charge in [0.25, 0.3) is 0 Å². The first kappa shape index (κ1) is 23.0. The Balaban J connectivity index is 0.00000280. The van der Waals surface area contributed by atoms with Crippen LogP contribution in [0.4, 0.5) is 0 Å². The highest BCUT2D eigenvalue weighted by atomic mass is 127. The molecule has 1 aliphatic rings. The van der Waals surface area contributed by atoms with Gasteiger partial charge in [0.15, 0.2) is 5.96 Å². The fourth-order valence-electron chi connectivity index (χ4n) is 3.21. The summed E-state index contributed by atoms with van der Waals surface area (Å²) in [7, 11) is 0. The van der Waals surface area contributed by atoms with E-state index in [0.717, 1.165) is 53.1 Å². The summed E-state index contributed by atoms with van der Waals surface area (Å²) < 4.78 is 1.97. The molecule has 1 aromatic heterocycles. The van der Waals surface area contributed by atoms with Gasteiger partial charge in [-0.3, -0.25) is 0 Å². The van der Waals surface area contributed by atoms with Gasteiger partial charge in [0, 0.05) is 24.5 Å². The van der Waals surface area contributed by atoms with E-state index in [9.17, 15) is 5.11 Å². The van der Waals surface area contributed by atoms with Gasteiger partial charge >= 0.3 is 0 Å². The molecule has 0 bridgehead atoms. The zero-order valence-electron chi connectivity index (χ0n) is 16.7. The number of rotatable bonds is 6. The minimum atomic E-state index is -0.636. The van der Waals surface area contributed by atoms with Crippen LogP contribution in [-0.2, 0) is 6.54 Å². The molecule has 2 heterocycles. The largest absolute Gasteiger partial charge is 0.387 e. The molecule has 3 rings (SSSR count). The monoisotopic (exact) mass is 515 g/mol. The number of hydrogen-bond donors (Lipinski definition) is 3. The van der Waals surface area contributed by atoms with Gasteiger partial charge in [0.2, 0.25) is 0 Å². The third kappa shape index (κ3) is 5.87. The van der Waals surface area contributed by atoms with Crippen LogP contribution in [-0.4, -0.2) is 51.0 Å². The Hall–Kier alpha value is -1.26. The van der Waals surface area contributed by atoms with Crippen molar-refractivity contribution in [3.8, 4) is 5.69 Å². The molecule has 3 N–H and O–H groups in total. The minimum Gasteiger partial charge on any atom is -0.387 e. The average Bonchev–Trinajstić information content (AvgIpc) is 3.23. The highest BCUT2D eigenvalue weighted by molar-refractivity contribution is 14.0. The number of aromatic nitrogens is 2. The van der Waals surface area contributed by atoms with Crippen molar-refractivity contribution in [2.24, 2.45) is 4.99 Å². The van der Waals surface area contributed by atoms with Crippen molar-refractivity contribution in [1.82, 2.24) is 20.4 Å². The van der Waals surface area contributed by atoms with Gasteiger partial charge < -0.3 is 15.7 Å². The van der Waals surface area contributed by atoms with Crippen molar-refractivity contribution in [2.45, 2.75) is 39.3 Å². The van der Waals surface area contributed by atoms with Gasteiger partial charge in [-0.2, -0.15) is 16.9 Å². The van der Waals surface area contributed by atoms with Crippen LogP contribution in [0.5, 0.6) is 0 Å². The van der Waals surface area contributed by atoms with Crippen LogP contribution in [0, 0.1) is 13.8 Å². The van der Waals surface area contributed by atoms with Crippen molar-refractivity contribution < 1.29 is 5.11 Å². The molecule has 6 nitrogen and oxygen atoms in total. The fourth-order valence-corrected chi connectivity index (χ4v) is 4.51. The van der Waals surface area contributed by atoms with E-state index in [-0.39, 0.29) is 24.0 Å². The Bertz CT molecular complexity index is 802. The van der Waals surface area contributed by atoms with E-state index in [1.165, 1.54) is 0 Å². The molecule has 28 heavy (non-hydrogen) atoms. The summed E-state index contributed by atoms with van der Waals surface area (Å²) in [5, 5.41) is 21.7. The van der Waals surface area contributed by atoms with E-state index in [2.05, 4.69) is 40.9 Å². The lowest BCUT2D eigenvalue weighted by molar-refractivity contribution is 0.0724. The van der Waals surface area contributed by atoms with Crippen molar-refractivity contribution in [3.05, 3.63) is 47.3 Å². The fraction of sp³-hybridized carbons (Fsp3) is 0.500. The minimum absolute atomic E-state index is 0. The number of aryl methyl sites for hydroxylation is 2. The Labute approximate surface area is 188 Å². The van der Waals surface area contributed by atoms with E-state index in [0.29, 0.717) is 13.1 Å². The molecule has 1 saturated heterocycles. The van der Waals surface area contributed by atoms with E-state index in [1.807, 2.05) is 30.7 Å². The average molecular weight is 515 g/mol. The second kappa shape index (κ2) is 10.5. The van der Waals surface area contributed by atoms with Crippen LogP contribution in [0.15, 0.2) is 35.3 Å². The van der Waals surface area contributed by atoms with Crippen LogP contribution in [0.1, 0.15) is 30.3 Å². The third-order valence-electron chi connectivity index (χ3n) is 4.65. The predicted octanol–water partition coefficient (Wildman–Crippen LogP) is 3.03. The van der Waals surface area contributed by atoms with Gasteiger partial charge in [0.1, 0.15) is 0 Å². The molecule has 1 aliphatic heterocycles.